The maximum Gasteiger partial charge on any atom is 0.192 e. The summed E-state index contributed by atoms with van der Waals surface area (Å²) in [7, 11) is -1.67. The lowest BCUT2D eigenvalue weighted by molar-refractivity contribution is -0.0194. The van der Waals surface area contributed by atoms with E-state index >= 15 is 0 Å². The van der Waals surface area contributed by atoms with E-state index in [1.807, 2.05) is 0 Å². The Balaban J connectivity index is -0.00000102. The van der Waals surface area contributed by atoms with Crippen molar-refractivity contribution in [3.8, 4) is 0 Å². The van der Waals surface area contributed by atoms with Gasteiger partial charge in [-0.15, -0.1) is 23.2 Å². The summed E-state index contributed by atoms with van der Waals surface area (Å²) in [6.45, 7) is 30.6. The molecule has 444 valence electrons. The maximum absolute atomic E-state index is 8.49. The topological polar surface area (TPSA) is 236 Å². The fourth-order valence-electron chi connectivity index (χ4n) is 4.48. The van der Waals surface area contributed by atoms with Crippen LogP contribution in [0.5, 0.6) is 0 Å². The lowest BCUT2D eigenvalue weighted by Gasteiger charge is -2.36. The molecule has 0 amide bonds. The molecule has 0 atom stereocenters. The van der Waals surface area contributed by atoms with Crippen LogP contribution in [0.1, 0.15) is 20.8 Å². The first kappa shape index (κ1) is 77.1. The minimum absolute atomic E-state index is 0.0334. The summed E-state index contributed by atoms with van der Waals surface area (Å²) in [5.74, 6) is 1.01. The fourth-order valence-corrected chi connectivity index (χ4v) is 5.72. The first-order chi connectivity index (χ1) is 35.6. The maximum atomic E-state index is 8.49. The van der Waals surface area contributed by atoms with Crippen molar-refractivity contribution < 1.29 is 105 Å². The summed E-state index contributed by atoms with van der Waals surface area (Å²) in [4.78, 5) is 0. The second-order valence-electron chi connectivity index (χ2n) is 16.2. The van der Waals surface area contributed by atoms with E-state index in [2.05, 4.69) is 33.9 Å². The number of alkyl halides is 2. The highest BCUT2D eigenvalue weighted by Gasteiger charge is 2.36. The average Bonchev–Trinajstić information content (AvgIpc) is 3.37. The molecule has 0 saturated carbocycles. The largest absolute Gasteiger partial charge is 0.414 e. The molecule has 25 heteroatoms. The van der Waals surface area contributed by atoms with Gasteiger partial charge in [-0.2, -0.15) is 0 Å². The smallest absolute Gasteiger partial charge is 0.192 e. The Kier molecular flexibility index (Phi) is 71.9. The third-order valence-corrected chi connectivity index (χ3v) is 14.1. The van der Waals surface area contributed by atoms with Crippen molar-refractivity contribution in [2.45, 2.75) is 38.9 Å². The molecule has 0 aromatic heterocycles. The van der Waals surface area contributed by atoms with Gasteiger partial charge < -0.3 is 105 Å². The molecule has 0 aliphatic heterocycles. The van der Waals surface area contributed by atoms with E-state index in [0.29, 0.717) is 256 Å². The minimum Gasteiger partial charge on any atom is -0.414 e. The van der Waals surface area contributed by atoms with Gasteiger partial charge in [0.15, 0.2) is 8.32 Å². The number of rotatable bonds is 59. The SMILES string of the molecule is CC(C)(C)[Si](C)(C)OCCOCCOCCOCCOCCOCCOCCCl.OCCOCCOCCOCCOCCOCCOCCCl.OCCOCCOCCOCCOCCOCCOCCO. The molecule has 0 aliphatic carbocycles. The van der Waals surface area contributed by atoms with Crippen LogP contribution in [0.25, 0.3) is 0 Å². The van der Waals surface area contributed by atoms with Crippen molar-refractivity contribution in [3.63, 3.8) is 0 Å². The van der Waals surface area contributed by atoms with Gasteiger partial charge in [0, 0.05) is 11.8 Å². The molecule has 0 fully saturated rings. The van der Waals surface area contributed by atoms with Gasteiger partial charge in [0.05, 0.1) is 264 Å². The van der Waals surface area contributed by atoms with E-state index in [9.17, 15) is 0 Å². The van der Waals surface area contributed by atoms with Gasteiger partial charge in [-0.05, 0) is 18.1 Å². The van der Waals surface area contributed by atoms with E-state index in [1.165, 1.54) is 0 Å². The molecule has 0 aromatic carbocycles. The molecule has 0 spiro atoms. The van der Waals surface area contributed by atoms with Crippen molar-refractivity contribution in [2.75, 3.05) is 276 Å². The standard InChI is InChI=1S/C20H43ClO7Si.C14H29ClO7.C14H30O8/c1-20(2,3)29(4,5)28-19-18-27-17-16-26-15-14-25-13-12-24-11-10-23-9-8-22-7-6-21;2*15-1-3-17-5-7-19-9-11-21-13-14-22-12-10-20-8-6-18-4-2-16/h6-19H2,1-5H3;16H,1-14H2;15-16H,1-14H2. The molecule has 73 heavy (non-hydrogen) atoms. The van der Waals surface area contributed by atoms with Crippen molar-refractivity contribution in [1.82, 2.24) is 0 Å². The summed E-state index contributed by atoms with van der Waals surface area (Å²) in [6, 6.07) is 0. The van der Waals surface area contributed by atoms with Gasteiger partial charge in [0.25, 0.3) is 0 Å². The number of halogens is 2. The zero-order valence-corrected chi connectivity index (χ0v) is 48.1. The van der Waals surface area contributed by atoms with Crippen molar-refractivity contribution in [3.05, 3.63) is 0 Å². The average molecular weight is 1130 g/mol. The highest BCUT2D eigenvalue weighted by atomic mass is 35.5. The number of aliphatic hydroxyl groups excluding tert-OH is 3. The van der Waals surface area contributed by atoms with Crippen LogP contribution in [0.15, 0.2) is 0 Å². The quantitative estimate of drug-likeness (QED) is 0.0451. The summed E-state index contributed by atoms with van der Waals surface area (Å²) in [5, 5.41) is 25.7. The second-order valence-corrected chi connectivity index (χ2v) is 21.7. The van der Waals surface area contributed by atoms with Gasteiger partial charge in [-0.1, -0.05) is 20.8 Å². The van der Waals surface area contributed by atoms with Crippen LogP contribution < -0.4 is 0 Å². The first-order valence-electron chi connectivity index (χ1n) is 25.6. The van der Waals surface area contributed by atoms with Gasteiger partial charge in [-0.25, -0.2) is 0 Å². The van der Waals surface area contributed by atoms with Crippen LogP contribution in [-0.2, 0) is 89.7 Å². The van der Waals surface area contributed by atoms with E-state index in [0.717, 1.165) is 0 Å². The van der Waals surface area contributed by atoms with E-state index in [1.54, 1.807) is 0 Å². The second kappa shape index (κ2) is 68.0. The lowest BCUT2D eigenvalue weighted by Crippen LogP contribution is -2.41. The van der Waals surface area contributed by atoms with Crippen LogP contribution in [0.3, 0.4) is 0 Å². The summed E-state index contributed by atoms with van der Waals surface area (Å²) in [5.41, 5.74) is 0. The molecular weight excluding hydrogens is 1030 g/mol. The van der Waals surface area contributed by atoms with Crippen LogP contribution >= 0.6 is 23.2 Å². The Hall–Kier alpha value is -0.0831. The van der Waals surface area contributed by atoms with Crippen LogP contribution in [0.4, 0.5) is 0 Å². The predicted molar refractivity (Wildman–Crippen MR) is 281 cm³/mol. The Bertz CT molecular complexity index is 894. The Morgan fingerprint density at radius 3 is 0.521 bits per heavy atom. The first-order valence-corrected chi connectivity index (χ1v) is 29.6. The van der Waals surface area contributed by atoms with E-state index < -0.39 is 8.32 Å². The molecule has 22 nitrogen and oxygen atoms in total. The van der Waals surface area contributed by atoms with Gasteiger partial charge in [0.1, 0.15) is 0 Å². The van der Waals surface area contributed by atoms with Gasteiger partial charge in [-0.3, -0.25) is 0 Å². The number of aliphatic hydroxyl groups is 3. The van der Waals surface area contributed by atoms with Crippen molar-refractivity contribution >= 4 is 31.5 Å². The molecule has 0 saturated heterocycles. The molecule has 0 aromatic rings. The monoisotopic (exact) mass is 1130 g/mol. The molecule has 3 N–H and O–H groups in total. The van der Waals surface area contributed by atoms with Gasteiger partial charge >= 0.3 is 0 Å². The molecule has 0 aliphatic rings. The van der Waals surface area contributed by atoms with E-state index in [4.69, 9.17) is 128 Å². The van der Waals surface area contributed by atoms with Crippen molar-refractivity contribution in [1.29, 1.82) is 0 Å². The molecule has 0 unspecified atom stereocenters. The molecule has 0 heterocycles. The number of hydrogen-bond acceptors (Lipinski definition) is 22. The normalized spacial score (nSPS) is 11.8. The molecule has 0 radical (unpaired) electrons. The third kappa shape index (κ3) is 71.9. The zero-order valence-electron chi connectivity index (χ0n) is 45.6. The van der Waals surface area contributed by atoms with Crippen molar-refractivity contribution in [2.24, 2.45) is 0 Å². The third-order valence-electron chi connectivity index (χ3n) is 9.23. The van der Waals surface area contributed by atoms with Crippen LogP contribution in [0.2, 0.25) is 18.1 Å². The van der Waals surface area contributed by atoms with Crippen LogP contribution in [-0.4, -0.2) is 300 Å². The molecule has 0 bridgehead atoms. The number of hydrogen-bond donors (Lipinski definition) is 3. The molecular formula is C48H102Cl2O22Si. The predicted octanol–water partition coefficient (Wildman–Crippen LogP) is 2.73. The van der Waals surface area contributed by atoms with Gasteiger partial charge in [0.2, 0.25) is 0 Å². The Morgan fingerprint density at radius 2 is 0.384 bits per heavy atom. The van der Waals surface area contributed by atoms with Crippen LogP contribution in [0, 0.1) is 0 Å². The fraction of sp³-hybridized carbons (Fsp3) is 1.00. The molecule has 0 rings (SSSR count). The summed E-state index contributed by atoms with van der Waals surface area (Å²) < 4.78 is 101. The minimum atomic E-state index is -1.67. The summed E-state index contributed by atoms with van der Waals surface area (Å²) >= 11 is 11.0. The number of ether oxygens (including phenoxy) is 18. The highest BCUT2D eigenvalue weighted by molar-refractivity contribution is 6.74. The summed E-state index contributed by atoms with van der Waals surface area (Å²) in [6.07, 6.45) is 0. The zero-order chi connectivity index (χ0) is 54.1. The Labute approximate surface area is 450 Å². The Morgan fingerprint density at radius 1 is 0.247 bits per heavy atom. The highest BCUT2D eigenvalue weighted by Crippen LogP contribution is 2.36. The lowest BCUT2D eigenvalue weighted by atomic mass is 10.2. The van der Waals surface area contributed by atoms with E-state index in [-0.39, 0.29) is 24.9 Å².